The molecule has 1 N–H and O–H groups in total. The number of carbonyl (C=O) groups is 1. The standard InChI is InChI=1S/C31H43N3O4/c1-8-9-10-12-23(24-19-28(37-6)29(38-7)20-27(24)36-5)18-30(35)33-26-17-22(21-34-16-11-15-32-34)13-14-25(26)31(2,3)4/h11,13-17,19-20,23H,8-10,12,18,21H2,1-7H3,(H,33,35). The van der Waals surface area contributed by atoms with Crippen LogP contribution < -0.4 is 19.5 Å². The average molecular weight is 522 g/mol. The van der Waals surface area contributed by atoms with Crippen molar-refractivity contribution >= 4 is 11.6 Å². The van der Waals surface area contributed by atoms with Gasteiger partial charge in [-0.25, -0.2) is 0 Å². The third-order valence-electron chi connectivity index (χ3n) is 6.83. The molecule has 206 valence electrons. The van der Waals surface area contributed by atoms with Crippen LogP contribution in [0.5, 0.6) is 17.2 Å². The zero-order valence-corrected chi connectivity index (χ0v) is 24.0. The Bertz CT molecular complexity index is 1180. The van der Waals surface area contributed by atoms with E-state index in [-0.39, 0.29) is 17.2 Å². The van der Waals surface area contributed by atoms with Crippen molar-refractivity contribution < 1.29 is 19.0 Å². The molecule has 7 heteroatoms. The van der Waals surface area contributed by atoms with Crippen molar-refractivity contribution in [1.82, 2.24) is 9.78 Å². The highest BCUT2D eigenvalue weighted by atomic mass is 16.5. The third kappa shape index (κ3) is 7.53. The van der Waals surface area contributed by atoms with E-state index < -0.39 is 0 Å². The van der Waals surface area contributed by atoms with E-state index in [9.17, 15) is 4.79 Å². The fourth-order valence-corrected chi connectivity index (χ4v) is 4.83. The second-order valence-corrected chi connectivity index (χ2v) is 10.7. The van der Waals surface area contributed by atoms with Gasteiger partial charge in [-0.15, -0.1) is 0 Å². The van der Waals surface area contributed by atoms with E-state index in [1.807, 2.05) is 29.1 Å². The number of aromatic nitrogens is 2. The lowest BCUT2D eigenvalue weighted by Gasteiger charge is -2.25. The number of nitrogens with zero attached hydrogens (tertiary/aromatic N) is 2. The summed E-state index contributed by atoms with van der Waals surface area (Å²) in [7, 11) is 4.88. The molecule has 3 aromatic rings. The quantitative estimate of drug-likeness (QED) is 0.246. The number of amides is 1. The molecular formula is C31H43N3O4. The van der Waals surface area contributed by atoms with Crippen molar-refractivity contribution in [3.8, 4) is 17.2 Å². The van der Waals surface area contributed by atoms with Gasteiger partial charge in [0.25, 0.3) is 0 Å². The number of unbranched alkanes of at least 4 members (excludes halogenated alkanes) is 2. The lowest BCUT2D eigenvalue weighted by atomic mass is 9.85. The van der Waals surface area contributed by atoms with Gasteiger partial charge in [0.05, 0.1) is 27.9 Å². The summed E-state index contributed by atoms with van der Waals surface area (Å²) in [6.45, 7) is 9.30. The highest BCUT2D eigenvalue weighted by molar-refractivity contribution is 5.92. The zero-order valence-electron chi connectivity index (χ0n) is 24.0. The molecular weight excluding hydrogens is 478 g/mol. The molecule has 1 unspecified atom stereocenters. The number of carbonyl (C=O) groups excluding carboxylic acids is 1. The smallest absolute Gasteiger partial charge is 0.224 e. The number of benzene rings is 2. The van der Waals surface area contributed by atoms with E-state index in [0.717, 1.165) is 48.1 Å². The minimum atomic E-state index is -0.125. The maximum atomic E-state index is 13.6. The Labute approximate surface area is 227 Å². The molecule has 1 atom stereocenters. The second-order valence-electron chi connectivity index (χ2n) is 10.7. The maximum absolute atomic E-state index is 13.6. The number of methoxy groups -OCH3 is 3. The van der Waals surface area contributed by atoms with Crippen LogP contribution in [0.25, 0.3) is 0 Å². The Morgan fingerprint density at radius 3 is 2.32 bits per heavy atom. The largest absolute Gasteiger partial charge is 0.496 e. The number of hydrogen-bond acceptors (Lipinski definition) is 5. The van der Waals surface area contributed by atoms with Gasteiger partial charge < -0.3 is 19.5 Å². The Balaban J connectivity index is 1.91. The number of nitrogens with one attached hydrogen (secondary N) is 1. The van der Waals surface area contributed by atoms with Crippen molar-refractivity contribution in [2.45, 2.75) is 77.7 Å². The van der Waals surface area contributed by atoms with Crippen LogP contribution in [0, 0.1) is 0 Å². The Morgan fingerprint density at radius 2 is 1.71 bits per heavy atom. The topological polar surface area (TPSA) is 74.6 Å². The summed E-state index contributed by atoms with van der Waals surface area (Å²) in [6, 6.07) is 12.0. The number of anilines is 1. The summed E-state index contributed by atoms with van der Waals surface area (Å²) in [5.74, 6) is 1.89. The molecule has 0 saturated carbocycles. The minimum absolute atomic E-state index is 0.0231. The molecule has 1 heterocycles. The van der Waals surface area contributed by atoms with E-state index in [0.29, 0.717) is 30.2 Å². The van der Waals surface area contributed by atoms with Crippen molar-refractivity contribution in [3.63, 3.8) is 0 Å². The molecule has 0 aliphatic rings. The molecule has 1 amide bonds. The molecule has 3 rings (SSSR count). The molecule has 0 spiro atoms. The molecule has 0 bridgehead atoms. The van der Waals surface area contributed by atoms with Crippen LogP contribution in [0.3, 0.4) is 0 Å². The van der Waals surface area contributed by atoms with Gasteiger partial charge in [0.15, 0.2) is 11.5 Å². The molecule has 38 heavy (non-hydrogen) atoms. The van der Waals surface area contributed by atoms with Gasteiger partial charge in [-0.2, -0.15) is 5.10 Å². The first kappa shape index (κ1) is 29.1. The maximum Gasteiger partial charge on any atom is 0.224 e. The van der Waals surface area contributed by atoms with Gasteiger partial charge in [0, 0.05) is 36.1 Å². The summed E-state index contributed by atoms with van der Waals surface area (Å²) < 4.78 is 18.7. The first-order valence-electron chi connectivity index (χ1n) is 13.4. The monoisotopic (exact) mass is 521 g/mol. The normalized spacial score (nSPS) is 12.2. The van der Waals surface area contributed by atoms with E-state index in [4.69, 9.17) is 14.2 Å². The predicted molar refractivity (Wildman–Crippen MR) is 153 cm³/mol. The van der Waals surface area contributed by atoms with E-state index in [2.05, 4.69) is 56.3 Å². The molecule has 0 fully saturated rings. The van der Waals surface area contributed by atoms with Crippen LogP contribution in [-0.2, 0) is 16.8 Å². The van der Waals surface area contributed by atoms with E-state index >= 15 is 0 Å². The van der Waals surface area contributed by atoms with Crippen molar-refractivity contribution in [3.05, 3.63) is 65.5 Å². The number of ether oxygens (including phenoxy) is 3. The minimum Gasteiger partial charge on any atom is -0.496 e. The van der Waals surface area contributed by atoms with Crippen molar-refractivity contribution in [2.75, 3.05) is 26.6 Å². The number of rotatable bonds is 13. The SMILES string of the molecule is CCCCCC(CC(=O)Nc1cc(Cn2cccn2)ccc1C(C)(C)C)c1cc(OC)c(OC)cc1OC. The lowest BCUT2D eigenvalue weighted by molar-refractivity contribution is -0.116. The fourth-order valence-electron chi connectivity index (χ4n) is 4.83. The Morgan fingerprint density at radius 1 is 1.00 bits per heavy atom. The summed E-state index contributed by atoms with van der Waals surface area (Å²) in [4.78, 5) is 13.6. The van der Waals surface area contributed by atoms with Crippen LogP contribution in [-0.4, -0.2) is 37.0 Å². The molecule has 0 radical (unpaired) electrons. The highest BCUT2D eigenvalue weighted by Crippen LogP contribution is 2.41. The van der Waals surface area contributed by atoms with Crippen LogP contribution in [0.1, 0.15) is 82.4 Å². The third-order valence-corrected chi connectivity index (χ3v) is 6.83. The van der Waals surface area contributed by atoms with Gasteiger partial charge in [0.2, 0.25) is 5.91 Å². The predicted octanol–water partition coefficient (Wildman–Crippen LogP) is 6.95. The van der Waals surface area contributed by atoms with Gasteiger partial charge in [-0.1, -0.05) is 59.1 Å². The van der Waals surface area contributed by atoms with Crippen LogP contribution in [0.4, 0.5) is 5.69 Å². The second kappa shape index (κ2) is 13.4. The fraction of sp³-hybridized carbons (Fsp3) is 0.484. The van der Waals surface area contributed by atoms with Gasteiger partial charge in [-0.3, -0.25) is 9.48 Å². The van der Waals surface area contributed by atoms with Gasteiger partial charge in [0.1, 0.15) is 5.75 Å². The Hall–Kier alpha value is -3.48. The van der Waals surface area contributed by atoms with Gasteiger partial charge >= 0.3 is 0 Å². The first-order valence-corrected chi connectivity index (χ1v) is 13.4. The first-order chi connectivity index (χ1) is 18.2. The van der Waals surface area contributed by atoms with Gasteiger partial charge in [-0.05, 0) is 47.1 Å². The summed E-state index contributed by atoms with van der Waals surface area (Å²) >= 11 is 0. The molecule has 0 aliphatic carbocycles. The van der Waals surface area contributed by atoms with Crippen LogP contribution in [0.2, 0.25) is 0 Å². The van der Waals surface area contributed by atoms with Crippen molar-refractivity contribution in [2.24, 2.45) is 0 Å². The molecule has 0 aliphatic heterocycles. The number of hydrogen-bond donors (Lipinski definition) is 1. The molecule has 2 aromatic carbocycles. The Kier molecular flexibility index (Phi) is 10.2. The molecule has 0 saturated heterocycles. The summed E-state index contributed by atoms with van der Waals surface area (Å²) in [5, 5.41) is 7.57. The van der Waals surface area contributed by atoms with Crippen molar-refractivity contribution in [1.29, 1.82) is 0 Å². The van der Waals surface area contributed by atoms with Crippen LogP contribution in [0.15, 0.2) is 48.8 Å². The van der Waals surface area contributed by atoms with Crippen LogP contribution >= 0.6 is 0 Å². The average Bonchev–Trinajstić information content (AvgIpc) is 3.39. The molecule has 1 aromatic heterocycles. The lowest BCUT2D eigenvalue weighted by Crippen LogP contribution is -2.21. The molecule has 7 nitrogen and oxygen atoms in total. The summed E-state index contributed by atoms with van der Waals surface area (Å²) in [6.07, 6.45) is 8.16. The summed E-state index contributed by atoms with van der Waals surface area (Å²) in [5.41, 5.74) is 3.86. The zero-order chi connectivity index (χ0) is 27.7. The highest BCUT2D eigenvalue weighted by Gasteiger charge is 2.24. The van der Waals surface area contributed by atoms with E-state index in [1.165, 1.54) is 0 Å². The van der Waals surface area contributed by atoms with E-state index in [1.54, 1.807) is 27.5 Å².